The molecule has 70 valence electrons. The highest BCUT2D eigenvalue weighted by atomic mass is 35.5. The third-order valence-corrected chi connectivity index (χ3v) is 2.54. The van der Waals surface area contributed by atoms with Gasteiger partial charge in [0, 0.05) is 5.54 Å². The van der Waals surface area contributed by atoms with Crippen LogP contribution in [0, 0.1) is 0 Å². The fourth-order valence-corrected chi connectivity index (χ4v) is 1.28. The normalized spacial score (nSPS) is 18.3. The van der Waals surface area contributed by atoms with Crippen molar-refractivity contribution in [2.24, 2.45) is 0 Å². The molecule has 1 saturated carbocycles. The van der Waals surface area contributed by atoms with Crippen molar-refractivity contribution in [2.75, 3.05) is 0 Å². The van der Waals surface area contributed by atoms with Gasteiger partial charge in [-0.05, 0) is 25.8 Å². The highest BCUT2D eigenvalue weighted by molar-refractivity contribution is 6.33. The van der Waals surface area contributed by atoms with Gasteiger partial charge in [-0.15, -0.1) is 0 Å². The second-order valence-corrected chi connectivity index (χ2v) is 4.02. The summed E-state index contributed by atoms with van der Waals surface area (Å²) in [5, 5.41) is 3.22. The van der Waals surface area contributed by atoms with Gasteiger partial charge in [-0.25, -0.2) is 0 Å². The average molecular weight is 200 g/mol. The molecule has 1 aromatic heterocycles. The van der Waals surface area contributed by atoms with Gasteiger partial charge in [-0.2, -0.15) is 0 Å². The summed E-state index contributed by atoms with van der Waals surface area (Å²) >= 11 is 5.73. The standard InChI is InChI=1S/C9H10ClNO2/c1-9(3-4-9)11-8(12)7-6(10)2-5-13-7/h2,5H,3-4H2,1H3,(H,11,12). The summed E-state index contributed by atoms with van der Waals surface area (Å²) in [5.74, 6) is -0.0233. The number of nitrogens with one attached hydrogen (secondary N) is 1. The van der Waals surface area contributed by atoms with Crippen molar-refractivity contribution < 1.29 is 9.21 Å². The van der Waals surface area contributed by atoms with Crippen LogP contribution < -0.4 is 5.32 Å². The molecule has 2 rings (SSSR count). The molecule has 1 fully saturated rings. The van der Waals surface area contributed by atoms with Gasteiger partial charge in [0.1, 0.15) is 0 Å². The second-order valence-electron chi connectivity index (χ2n) is 3.61. The molecular weight excluding hydrogens is 190 g/mol. The first kappa shape index (κ1) is 8.63. The number of hydrogen-bond donors (Lipinski definition) is 1. The highest BCUT2D eigenvalue weighted by Crippen LogP contribution is 2.34. The van der Waals surface area contributed by atoms with Crippen LogP contribution in [0.3, 0.4) is 0 Å². The smallest absolute Gasteiger partial charge is 0.288 e. The minimum atomic E-state index is -0.227. The summed E-state index contributed by atoms with van der Waals surface area (Å²) in [5.41, 5.74) is -0.0345. The minimum absolute atomic E-state index is 0.0345. The Hall–Kier alpha value is -0.960. The van der Waals surface area contributed by atoms with E-state index < -0.39 is 0 Å². The van der Waals surface area contributed by atoms with Crippen LogP contribution in [-0.4, -0.2) is 11.4 Å². The maximum atomic E-state index is 11.5. The zero-order valence-electron chi connectivity index (χ0n) is 7.26. The van der Waals surface area contributed by atoms with Crippen LogP contribution in [0.25, 0.3) is 0 Å². The lowest BCUT2D eigenvalue weighted by Crippen LogP contribution is -2.34. The first-order valence-corrected chi connectivity index (χ1v) is 4.54. The summed E-state index contributed by atoms with van der Waals surface area (Å²) in [6, 6.07) is 1.56. The van der Waals surface area contributed by atoms with E-state index in [0.29, 0.717) is 5.02 Å². The quantitative estimate of drug-likeness (QED) is 0.794. The third-order valence-electron chi connectivity index (χ3n) is 2.24. The summed E-state index contributed by atoms with van der Waals surface area (Å²) < 4.78 is 4.96. The molecular formula is C9H10ClNO2. The molecule has 0 atom stereocenters. The molecule has 0 spiro atoms. The van der Waals surface area contributed by atoms with Crippen molar-refractivity contribution in [2.45, 2.75) is 25.3 Å². The van der Waals surface area contributed by atoms with E-state index in [9.17, 15) is 4.79 Å². The molecule has 3 nitrogen and oxygen atoms in total. The molecule has 1 heterocycles. The highest BCUT2D eigenvalue weighted by Gasteiger charge is 2.39. The average Bonchev–Trinajstić information content (AvgIpc) is 2.63. The van der Waals surface area contributed by atoms with E-state index in [4.69, 9.17) is 16.0 Å². The van der Waals surface area contributed by atoms with Crippen molar-refractivity contribution in [1.82, 2.24) is 5.32 Å². The molecule has 1 aliphatic carbocycles. The number of rotatable bonds is 2. The summed E-state index contributed by atoms with van der Waals surface area (Å²) in [6.45, 7) is 2.00. The van der Waals surface area contributed by atoms with Crippen molar-refractivity contribution in [3.05, 3.63) is 23.1 Å². The largest absolute Gasteiger partial charge is 0.458 e. The predicted molar refractivity (Wildman–Crippen MR) is 48.8 cm³/mol. The summed E-state index contributed by atoms with van der Waals surface area (Å²) in [7, 11) is 0. The Morgan fingerprint density at radius 2 is 2.38 bits per heavy atom. The second kappa shape index (κ2) is 2.77. The lowest BCUT2D eigenvalue weighted by molar-refractivity contribution is 0.0907. The van der Waals surface area contributed by atoms with Crippen molar-refractivity contribution >= 4 is 17.5 Å². The Morgan fingerprint density at radius 3 is 2.85 bits per heavy atom. The molecule has 1 aliphatic rings. The van der Waals surface area contributed by atoms with Gasteiger partial charge in [-0.3, -0.25) is 4.79 Å². The zero-order valence-corrected chi connectivity index (χ0v) is 8.02. The van der Waals surface area contributed by atoms with Crippen molar-refractivity contribution in [3.63, 3.8) is 0 Å². The van der Waals surface area contributed by atoms with Crippen LogP contribution >= 0.6 is 11.6 Å². The van der Waals surface area contributed by atoms with E-state index in [1.165, 1.54) is 6.26 Å². The molecule has 1 aromatic rings. The van der Waals surface area contributed by atoms with Gasteiger partial charge >= 0.3 is 0 Å². The molecule has 0 radical (unpaired) electrons. The monoisotopic (exact) mass is 199 g/mol. The van der Waals surface area contributed by atoms with Crippen molar-refractivity contribution in [3.8, 4) is 0 Å². The maximum absolute atomic E-state index is 11.5. The van der Waals surface area contributed by atoms with Crippen LogP contribution in [0.1, 0.15) is 30.3 Å². The molecule has 0 aliphatic heterocycles. The van der Waals surface area contributed by atoms with E-state index in [1.54, 1.807) is 6.07 Å². The first-order valence-electron chi connectivity index (χ1n) is 4.16. The van der Waals surface area contributed by atoms with Crippen LogP contribution in [-0.2, 0) is 0 Å². The number of carbonyl (C=O) groups excluding carboxylic acids is 1. The molecule has 4 heteroatoms. The zero-order chi connectivity index (χ0) is 9.47. The Balaban J connectivity index is 2.09. The van der Waals surface area contributed by atoms with Crippen molar-refractivity contribution in [1.29, 1.82) is 0 Å². The fourth-order valence-electron chi connectivity index (χ4n) is 1.10. The van der Waals surface area contributed by atoms with Crippen LogP contribution in [0.2, 0.25) is 5.02 Å². The summed E-state index contributed by atoms with van der Waals surface area (Å²) in [4.78, 5) is 11.5. The Kier molecular flexibility index (Phi) is 1.84. The molecule has 0 unspecified atom stereocenters. The molecule has 13 heavy (non-hydrogen) atoms. The van der Waals surface area contributed by atoms with E-state index in [-0.39, 0.29) is 17.2 Å². The number of furan rings is 1. The third kappa shape index (κ3) is 1.70. The van der Waals surface area contributed by atoms with Crippen LogP contribution in [0.5, 0.6) is 0 Å². The Labute approximate surface area is 81.1 Å². The van der Waals surface area contributed by atoms with Gasteiger partial charge < -0.3 is 9.73 Å². The topological polar surface area (TPSA) is 42.2 Å². The number of hydrogen-bond acceptors (Lipinski definition) is 2. The molecule has 1 amide bonds. The van der Waals surface area contributed by atoms with Gasteiger partial charge in [0.25, 0.3) is 5.91 Å². The van der Waals surface area contributed by atoms with Gasteiger partial charge in [-0.1, -0.05) is 11.6 Å². The van der Waals surface area contributed by atoms with Gasteiger partial charge in [0.2, 0.25) is 5.76 Å². The first-order chi connectivity index (χ1) is 6.11. The van der Waals surface area contributed by atoms with Gasteiger partial charge in [0.15, 0.2) is 0 Å². The lowest BCUT2D eigenvalue weighted by Gasteiger charge is -2.09. The van der Waals surface area contributed by atoms with E-state index in [2.05, 4.69) is 5.32 Å². The number of amides is 1. The SMILES string of the molecule is CC1(NC(=O)c2occc2Cl)CC1. The number of halogens is 1. The van der Waals surface area contributed by atoms with E-state index >= 15 is 0 Å². The lowest BCUT2D eigenvalue weighted by atomic mass is 10.3. The molecule has 1 N–H and O–H groups in total. The maximum Gasteiger partial charge on any atom is 0.288 e. The molecule has 0 bridgehead atoms. The molecule has 0 saturated heterocycles. The van der Waals surface area contributed by atoms with Gasteiger partial charge in [0.05, 0.1) is 11.3 Å². The van der Waals surface area contributed by atoms with E-state index in [0.717, 1.165) is 12.8 Å². The Bertz CT molecular complexity index is 341. The van der Waals surface area contributed by atoms with Crippen LogP contribution in [0.4, 0.5) is 0 Å². The fraction of sp³-hybridized carbons (Fsp3) is 0.444. The predicted octanol–water partition coefficient (Wildman–Crippen LogP) is 2.22. The van der Waals surface area contributed by atoms with E-state index in [1.807, 2.05) is 6.92 Å². The number of carbonyl (C=O) groups is 1. The summed E-state index contributed by atoms with van der Waals surface area (Å²) in [6.07, 6.45) is 3.46. The molecule has 0 aromatic carbocycles. The Morgan fingerprint density at radius 1 is 1.69 bits per heavy atom. The van der Waals surface area contributed by atoms with Crippen LogP contribution in [0.15, 0.2) is 16.7 Å². The minimum Gasteiger partial charge on any atom is -0.458 e.